The molecular formula is C21H28F2N2O3. The van der Waals surface area contributed by atoms with Crippen LogP contribution >= 0.6 is 0 Å². The molecule has 154 valence electrons. The average Bonchev–Trinajstić information content (AvgIpc) is 3.03. The molecule has 7 heteroatoms. The number of morpholine rings is 1. The number of ether oxygens (including phenoxy) is 2. The van der Waals surface area contributed by atoms with Gasteiger partial charge in [0.2, 0.25) is 0 Å². The minimum absolute atomic E-state index is 0.0489. The number of benzene rings is 1. The Morgan fingerprint density at radius 2 is 2.00 bits per heavy atom. The lowest BCUT2D eigenvalue weighted by atomic mass is 10.00. The number of nitrogens with zero attached hydrogens (tertiary/aromatic N) is 2. The van der Waals surface area contributed by atoms with Crippen LogP contribution in [0.2, 0.25) is 0 Å². The molecule has 1 atom stereocenters. The van der Waals surface area contributed by atoms with Crippen molar-refractivity contribution >= 4 is 5.91 Å². The van der Waals surface area contributed by atoms with E-state index < -0.39 is 6.61 Å². The molecule has 2 heterocycles. The standard InChI is InChI=1S/C21H28F2N2O3/c1-16(2)4-3-10-24-11-9-21(14-24)15-25(12-13-27-21)19(26)17-5-7-18(8-6-17)28-20(22)23/h4-8,20H,3,9-15H2,1-2H3. The number of allylic oxidation sites excluding steroid dienone is 1. The van der Waals surface area contributed by atoms with Crippen molar-refractivity contribution in [3.8, 4) is 5.75 Å². The summed E-state index contributed by atoms with van der Waals surface area (Å²) < 4.78 is 35.0. The van der Waals surface area contributed by atoms with Crippen molar-refractivity contribution in [1.29, 1.82) is 0 Å². The lowest BCUT2D eigenvalue weighted by Crippen LogP contribution is -2.55. The van der Waals surface area contributed by atoms with Crippen LogP contribution in [-0.2, 0) is 4.74 Å². The van der Waals surface area contributed by atoms with E-state index in [1.807, 2.05) is 4.90 Å². The predicted molar refractivity (Wildman–Crippen MR) is 103 cm³/mol. The molecule has 1 unspecified atom stereocenters. The van der Waals surface area contributed by atoms with Crippen LogP contribution < -0.4 is 4.74 Å². The molecule has 28 heavy (non-hydrogen) atoms. The van der Waals surface area contributed by atoms with Crippen LogP contribution in [0.25, 0.3) is 0 Å². The molecular weight excluding hydrogens is 366 g/mol. The summed E-state index contributed by atoms with van der Waals surface area (Å²) >= 11 is 0. The summed E-state index contributed by atoms with van der Waals surface area (Å²) in [5, 5.41) is 0. The van der Waals surface area contributed by atoms with Gasteiger partial charge < -0.3 is 14.4 Å². The summed E-state index contributed by atoms with van der Waals surface area (Å²) in [6, 6.07) is 5.86. The number of likely N-dealkylation sites (tertiary alicyclic amines) is 1. The van der Waals surface area contributed by atoms with Gasteiger partial charge in [0, 0.05) is 31.7 Å². The van der Waals surface area contributed by atoms with Crippen molar-refractivity contribution in [3.05, 3.63) is 41.5 Å². The predicted octanol–water partition coefficient (Wildman–Crippen LogP) is 3.56. The average molecular weight is 394 g/mol. The summed E-state index contributed by atoms with van der Waals surface area (Å²) in [7, 11) is 0. The molecule has 2 saturated heterocycles. The van der Waals surface area contributed by atoms with Crippen LogP contribution in [0.4, 0.5) is 8.78 Å². The summed E-state index contributed by atoms with van der Waals surface area (Å²) in [4.78, 5) is 17.1. The van der Waals surface area contributed by atoms with Gasteiger partial charge in [-0.1, -0.05) is 11.6 Å². The van der Waals surface area contributed by atoms with Crippen LogP contribution in [0.1, 0.15) is 37.0 Å². The number of hydrogen-bond acceptors (Lipinski definition) is 4. The van der Waals surface area contributed by atoms with E-state index in [0.717, 1.165) is 32.5 Å². The van der Waals surface area contributed by atoms with E-state index in [4.69, 9.17) is 4.74 Å². The number of alkyl halides is 2. The first-order valence-corrected chi connectivity index (χ1v) is 9.71. The highest BCUT2D eigenvalue weighted by Crippen LogP contribution is 2.30. The number of halogens is 2. The minimum Gasteiger partial charge on any atom is -0.435 e. The molecule has 1 aromatic carbocycles. The molecule has 2 aliphatic rings. The van der Waals surface area contributed by atoms with Gasteiger partial charge in [-0.3, -0.25) is 9.69 Å². The van der Waals surface area contributed by atoms with E-state index >= 15 is 0 Å². The number of carbonyl (C=O) groups is 1. The largest absolute Gasteiger partial charge is 0.435 e. The summed E-state index contributed by atoms with van der Waals surface area (Å²) in [6.07, 6.45) is 4.17. The quantitative estimate of drug-likeness (QED) is 0.692. The molecule has 0 bridgehead atoms. The van der Waals surface area contributed by atoms with Crippen LogP contribution in [0.5, 0.6) is 5.75 Å². The van der Waals surface area contributed by atoms with Gasteiger partial charge in [-0.2, -0.15) is 8.78 Å². The number of hydrogen-bond donors (Lipinski definition) is 0. The molecule has 1 aromatic rings. The van der Waals surface area contributed by atoms with Gasteiger partial charge in [-0.25, -0.2) is 0 Å². The molecule has 0 saturated carbocycles. The van der Waals surface area contributed by atoms with Crippen molar-refractivity contribution in [3.63, 3.8) is 0 Å². The van der Waals surface area contributed by atoms with E-state index in [0.29, 0.717) is 25.3 Å². The first kappa shape index (κ1) is 20.7. The van der Waals surface area contributed by atoms with Crippen molar-refractivity contribution in [1.82, 2.24) is 9.80 Å². The molecule has 1 amide bonds. The normalized spacial score (nSPS) is 22.7. The number of carbonyl (C=O) groups excluding carboxylic acids is 1. The molecule has 0 aromatic heterocycles. The highest BCUT2D eigenvalue weighted by atomic mass is 19.3. The van der Waals surface area contributed by atoms with Crippen molar-refractivity contribution < 1.29 is 23.0 Å². The third-order valence-corrected chi connectivity index (χ3v) is 5.26. The lowest BCUT2D eigenvalue weighted by Gasteiger charge is -2.40. The second-order valence-corrected chi connectivity index (χ2v) is 7.76. The second-order valence-electron chi connectivity index (χ2n) is 7.76. The summed E-state index contributed by atoms with van der Waals surface area (Å²) in [6.45, 7) is 5.73. The Kier molecular flexibility index (Phi) is 6.67. The molecule has 0 aliphatic carbocycles. The molecule has 0 N–H and O–H groups in total. The molecule has 2 fully saturated rings. The first-order valence-electron chi connectivity index (χ1n) is 9.71. The Bertz CT molecular complexity index is 704. The van der Waals surface area contributed by atoms with Crippen molar-refractivity contribution in [2.45, 2.75) is 38.9 Å². The monoisotopic (exact) mass is 394 g/mol. The Balaban J connectivity index is 1.58. The molecule has 3 rings (SSSR count). The zero-order valence-electron chi connectivity index (χ0n) is 16.5. The van der Waals surface area contributed by atoms with Crippen LogP contribution in [0.3, 0.4) is 0 Å². The maximum absolute atomic E-state index is 12.9. The van der Waals surface area contributed by atoms with E-state index in [9.17, 15) is 13.6 Å². The fourth-order valence-corrected chi connectivity index (χ4v) is 3.88. The number of amides is 1. The van der Waals surface area contributed by atoms with E-state index in [-0.39, 0.29) is 17.3 Å². The zero-order valence-corrected chi connectivity index (χ0v) is 16.5. The van der Waals surface area contributed by atoms with Crippen LogP contribution in [0.15, 0.2) is 35.9 Å². The highest BCUT2D eigenvalue weighted by Gasteiger charge is 2.43. The van der Waals surface area contributed by atoms with Gasteiger partial charge >= 0.3 is 6.61 Å². The van der Waals surface area contributed by atoms with Crippen molar-refractivity contribution in [2.24, 2.45) is 0 Å². The minimum atomic E-state index is -2.87. The topological polar surface area (TPSA) is 42.0 Å². The fourth-order valence-electron chi connectivity index (χ4n) is 3.88. The summed E-state index contributed by atoms with van der Waals surface area (Å²) in [5.74, 6) is -0.0536. The van der Waals surface area contributed by atoms with Gasteiger partial charge in [0.25, 0.3) is 5.91 Å². The van der Waals surface area contributed by atoms with Gasteiger partial charge in [0.1, 0.15) is 5.75 Å². The van der Waals surface area contributed by atoms with Gasteiger partial charge in [-0.05, 0) is 51.0 Å². The molecule has 0 radical (unpaired) electrons. The summed E-state index contributed by atoms with van der Waals surface area (Å²) in [5.41, 5.74) is 1.49. The fraction of sp³-hybridized carbons (Fsp3) is 0.571. The first-order chi connectivity index (χ1) is 13.4. The molecule has 1 spiro atoms. The molecule has 5 nitrogen and oxygen atoms in total. The van der Waals surface area contributed by atoms with Gasteiger partial charge in [-0.15, -0.1) is 0 Å². The van der Waals surface area contributed by atoms with Crippen LogP contribution in [0, 0.1) is 0 Å². The Hall–Kier alpha value is -1.99. The van der Waals surface area contributed by atoms with E-state index in [1.54, 1.807) is 0 Å². The third kappa shape index (κ3) is 5.29. The Morgan fingerprint density at radius 1 is 1.25 bits per heavy atom. The van der Waals surface area contributed by atoms with E-state index in [1.165, 1.54) is 29.8 Å². The Morgan fingerprint density at radius 3 is 2.68 bits per heavy atom. The third-order valence-electron chi connectivity index (χ3n) is 5.26. The maximum Gasteiger partial charge on any atom is 0.387 e. The lowest BCUT2D eigenvalue weighted by molar-refractivity contribution is -0.0916. The maximum atomic E-state index is 12.9. The van der Waals surface area contributed by atoms with Crippen LogP contribution in [-0.4, -0.2) is 67.3 Å². The van der Waals surface area contributed by atoms with Gasteiger partial charge in [0.15, 0.2) is 0 Å². The van der Waals surface area contributed by atoms with E-state index in [2.05, 4.69) is 29.6 Å². The highest BCUT2D eigenvalue weighted by molar-refractivity contribution is 5.94. The van der Waals surface area contributed by atoms with Crippen molar-refractivity contribution in [2.75, 3.05) is 39.3 Å². The smallest absolute Gasteiger partial charge is 0.387 e. The SMILES string of the molecule is CC(C)=CCCN1CCC2(C1)CN(C(=O)c1ccc(OC(F)F)cc1)CCO2. The zero-order chi connectivity index (χ0) is 20.1. The van der Waals surface area contributed by atoms with Gasteiger partial charge in [0.05, 0.1) is 18.8 Å². The Labute approximate surface area is 164 Å². The second kappa shape index (κ2) is 9.01. The molecule has 2 aliphatic heterocycles. The number of rotatable bonds is 6.